The SMILES string of the molecule is CCC(OC)C(=O)NC1(C)CCNCC1.Cl. The highest BCUT2D eigenvalue weighted by Crippen LogP contribution is 2.17. The number of hydrogen-bond donors (Lipinski definition) is 2. The van der Waals surface area contributed by atoms with E-state index in [1.807, 2.05) is 6.92 Å². The summed E-state index contributed by atoms with van der Waals surface area (Å²) in [6.45, 7) is 6.01. The van der Waals surface area contributed by atoms with Gasteiger partial charge < -0.3 is 15.4 Å². The van der Waals surface area contributed by atoms with Crippen molar-refractivity contribution in [2.45, 2.75) is 44.8 Å². The normalized spacial score (nSPS) is 20.7. The summed E-state index contributed by atoms with van der Waals surface area (Å²) in [6, 6.07) is 0. The number of nitrogens with one attached hydrogen (secondary N) is 2. The van der Waals surface area contributed by atoms with Crippen molar-refractivity contribution >= 4 is 18.3 Å². The molecule has 2 N–H and O–H groups in total. The summed E-state index contributed by atoms with van der Waals surface area (Å²) < 4.78 is 5.12. The first-order valence-electron chi connectivity index (χ1n) is 5.67. The minimum absolute atomic E-state index is 0. The number of rotatable bonds is 4. The van der Waals surface area contributed by atoms with Gasteiger partial charge >= 0.3 is 0 Å². The molecule has 1 unspecified atom stereocenters. The summed E-state index contributed by atoms with van der Waals surface area (Å²) in [7, 11) is 1.58. The third-order valence-electron chi connectivity index (χ3n) is 3.08. The maximum atomic E-state index is 11.8. The monoisotopic (exact) mass is 250 g/mol. The van der Waals surface area contributed by atoms with E-state index >= 15 is 0 Å². The molecule has 1 fully saturated rings. The molecule has 4 nitrogen and oxygen atoms in total. The van der Waals surface area contributed by atoms with E-state index in [2.05, 4.69) is 17.6 Å². The summed E-state index contributed by atoms with van der Waals surface area (Å²) >= 11 is 0. The van der Waals surface area contributed by atoms with Crippen molar-refractivity contribution < 1.29 is 9.53 Å². The Bertz CT molecular complexity index is 214. The average Bonchev–Trinajstić information content (AvgIpc) is 2.19. The van der Waals surface area contributed by atoms with Crippen LogP contribution in [0.4, 0.5) is 0 Å². The number of methoxy groups -OCH3 is 1. The van der Waals surface area contributed by atoms with Crippen LogP contribution in [0.15, 0.2) is 0 Å². The lowest BCUT2D eigenvalue weighted by Crippen LogP contribution is -2.54. The number of halogens is 1. The highest BCUT2D eigenvalue weighted by atomic mass is 35.5. The predicted molar refractivity (Wildman–Crippen MR) is 67.0 cm³/mol. The maximum Gasteiger partial charge on any atom is 0.249 e. The Hall–Kier alpha value is -0.320. The molecule has 16 heavy (non-hydrogen) atoms. The number of piperidine rings is 1. The summed E-state index contributed by atoms with van der Waals surface area (Å²) in [5.41, 5.74) is -0.0612. The van der Waals surface area contributed by atoms with E-state index in [0.717, 1.165) is 32.4 Å². The van der Waals surface area contributed by atoms with E-state index in [1.54, 1.807) is 7.11 Å². The molecule has 1 aliphatic heterocycles. The second-order valence-corrected chi connectivity index (χ2v) is 4.43. The van der Waals surface area contributed by atoms with E-state index in [1.165, 1.54) is 0 Å². The third-order valence-corrected chi connectivity index (χ3v) is 3.08. The van der Waals surface area contributed by atoms with Crippen LogP contribution in [-0.4, -0.2) is 37.7 Å². The molecule has 1 aliphatic rings. The summed E-state index contributed by atoms with van der Waals surface area (Å²) in [5, 5.41) is 6.38. The first kappa shape index (κ1) is 15.7. The van der Waals surface area contributed by atoms with Gasteiger partial charge in [0.2, 0.25) is 5.91 Å². The van der Waals surface area contributed by atoms with Crippen LogP contribution in [0.1, 0.15) is 33.1 Å². The Morgan fingerprint density at radius 3 is 2.50 bits per heavy atom. The Kier molecular flexibility index (Phi) is 6.95. The lowest BCUT2D eigenvalue weighted by molar-refractivity contribution is -0.133. The van der Waals surface area contributed by atoms with E-state index in [4.69, 9.17) is 4.74 Å². The largest absolute Gasteiger partial charge is 0.372 e. The van der Waals surface area contributed by atoms with Crippen LogP contribution in [0.2, 0.25) is 0 Å². The molecule has 0 aromatic heterocycles. The molecule has 1 heterocycles. The van der Waals surface area contributed by atoms with Crippen molar-refractivity contribution in [3.8, 4) is 0 Å². The first-order chi connectivity index (χ1) is 7.11. The molecule has 1 saturated heterocycles. The number of hydrogen-bond acceptors (Lipinski definition) is 3. The Morgan fingerprint density at radius 2 is 2.06 bits per heavy atom. The lowest BCUT2D eigenvalue weighted by atomic mass is 9.90. The smallest absolute Gasteiger partial charge is 0.249 e. The van der Waals surface area contributed by atoms with E-state index in [9.17, 15) is 4.79 Å². The zero-order chi connectivity index (χ0) is 11.3. The van der Waals surface area contributed by atoms with Crippen LogP contribution < -0.4 is 10.6 Å². The standard InChI is InChI=1S/C11H22N2O2.ClH/c1-4-9(15-3)10(14)13-11(2)5-7-12-8-6-11;/h9,12H,4-8H2,1-3H3,(H,13,14);1H. The van der Waals surface area contributed by atoms with Gasteiger partial charge in [0.1, 0.15) is 6.10 Å². The number of amides is 1. The van der Waals surface area contributed by atoms with Gasteiger partial charge in [-0.3, -0.25) is 4.79 Å². The van der Waals surface area contributed by atoms with Gasteiger partial charge in [0.05, 0.1) is 0 Å². The molecule has 5 heteroatoms. The molecule has 0 aromatic carbocycles. The zero-order valence-electron chi connectivity index (χ0n) is 10.3. The molecule has 1 amide bonds. The Morgan fingerprint density at radius 1 is 1.50 bits per heavy atom. The van der Waals surface area contributed by atoms with Gasteiger partial charge in [0, 0.05) is 12.6 Å². The van der Waals surface area contributed by atoms with Crippen LogP contribution >= 0.6 is 12.4 Å². The third kappa shape index (κ3) is 4.28. The van der Waals surface area contributed by atoms with Crippen molar-refractivity contribution in [2.75, 3.05) is 20.2 Å². The second-order valence-electron chi connectivity index (χ2n) is 4.43. The Balaban J connectivity index is 0.00000225. The quantitative estimate of drug-likeness (QED) is 0.786. The van der Waals surface area contributed by atoms with Gasteiger partial charge in [-0.1, -0.05) is 6.92 Å². The van der Waals surface area contributed by atoms with E-state index in [0.29, 0.717) is 0 Å². The van der Waals surface area contributed by atoms with Crippen LogP contribution in [0.25, 0.3) is 0 Å². The minimum atomic E-state index is -0.309. The van der Waals surface area contributed by atoms with Crippen molar-refractivity contribution in [2.24, 2.45) is 0 Å². The van der Waals surface area contributed by atoms with Crippen molar-refractivity contribution in [1.82, 2.24) is 10.6 Å². The van der Waals surface area contributed by atoms with Gasteiger partial charge in [0.15, 0.2) is 0 Å². The zero-order valence-corrected chi connectivity index (χ0v) is 11.2. The van der Waals surface area contributed by atoms with Gasteiger partial charge in [-0.05, 0) is 39.3 Å². The number of carbonyl (C=O) groups excluding carboxylic acids is 1. The fourth-order valence-corrected chi connectivity index (χ4v) is 1.94. The van der Waals surface area contributed by atoms with Crippen LogP contribution in [0.5, 0.6) is 0 Å². The topological polar surface area (TPSA) is 50.4 Å². The fraction of sp³-hybridized carbons (Fsp3) is 0.909. The molecule has 0 saturated carbocycles. The summed E-state index contributed by atoms with van der Waals surface area (Å²) in [4.78, 5) is 11.8. The molecular weight excluding hydrogens is 228 g/mol. The summed E-state index contributed by atoms with van der Waals surface area (Å²) in [6.07, 6.45) is 2.38. The van der Waals surface area contributed by atoms with Gasteiger partial charge in [-0.15, -0.1) is 12.4 Å². The number of ether oxygens (including phenoxy) is 1. The highest BCUT2D eigenvalue weighted by Gasteiger charge is 2.30. The lowest BCUT2D eigenvalue weighted by Gasteiger charge is -2.35. The van der Waals surface area contributed by atoms with Gasteiger partial charge in [-0.2, -0.15) is 0 Å². The van der Waals surface area contributed by atoms with Crippen LogP contribution in [0.3, 0.4) is 0 Å². The molecule has 1 atom stereocenters. The van der Waals surface area contributed by atoms with E-state index < -0.39 is 0 Å². The molecule has 96 valence electrons. The molecule has 0 aliphatic carbocycles. The minimum Gasteiger partial charge on any atom is -0.372 e. The molecular formula is C11H23ClN2O2. The summed E-state index contributed by atoms with van der Waals surface area (Å²) in [5.74, 6) is 0.0180. The fourth-order valence-electron chi connectivity index (χ4n) is 1.94. The molecule has 0 bridgehead atoms. The van der Waals surface area contributed by atoms with Crippen LogP contribution in [0, 0.1) is 0 Å². The first-order valence-corrected chi connectivity index (χ1v) is 5.67. The number of carbonyl (C=O) groups is 1. The van der Waals surface area contributed by atoms with Gasteiger partial charge in [0.25, 0.3) is 0 Å². The van der Waals surface area contributed by atoms with Crippen molar-refractivity contribution in [1.29, 1.82) is 0 Å². The second kappa shape index (κ2) is 7.09. The average molecular weight is 251 g/mol. The molecule has 1 rings (SSSR count). The van der Waals surface area contributed by atoms with E-state index in [-0.39, 0.29) is 30.0 Å². The van der Waals surface area contributed by atoms with Crippen molar-refractivity contribution in [3.05, 3.63) is 0 Å². The highest BCUT2D eigenvalue weighted by molar-refractivity contribution is 5.85. The Labute approximate surface area is 104 Å². The van der Waals surface area contributed by atoms with Crippen molar-refractivity contribution in [3.63, 3.8) is 0 Å². The van der Waals surface area contributed by atoms with Crippen LogP contribution in [-0.2, 0) is 9.53 Å². The maximum absolute atomic E-state index is 11.8. The molecule has 0 spiro atoms. The van der Waals surface area contributed by atoms with Gasteiger partial charge in [-0.25, -0.2) is 0 Å². The molecule has 0 radical (unpaired) electrons. The molecule has 0 aromatic rings. The predicted octanol–water partition coefficient (Wildman–Crippen LogP) is 1.09.